The minimum atomic E-state index is -0.371. The summed E-state index contributed by atoms with van der Waals surface area (Å²) < 4.78 is 26.3. The molecule has 2 aromatic carbocycles. The summed E-state index contributed by atoms with van der Waals surface area (Å²) in [4.78, 5) is 12.6. The second-order valence-corrected chi connectivity index (χ2v) is 6.52. The standard InChI is InChI=1S/C19H17BrFN3O3/c1-26-14-7-13(8-15(9-14)27-2)19(25)22-18-16(20)11-24(23-18)10-12-5-3-4-6-17(12)21/h3-9,11H,10H2,1-2H3,(H,22,23,25). The van der Waals surface area contributed by atoms with Gasteiger partial charge >= 0.3 is 0 Å². The molecule has 3 aromatic rings. The number of nitrogens with one attached hydrogen (secondary N) is 1. The number of amides is 1. The molecular formula is C19H17BrFN3O3. The first-order valence-corrected chi connectivity index (χ1v) is 8.80. The van der Waals surface area contributed by atoms with Crippen molar-refractivity contribution in [2.24, 2.45) is 0 Å². The molecule has 8 heteroatoms. The molecule has 0 atom stereocenters. The summed E-state index contributed by atoms with van der Waals surface area (Å²) in [5, 5.41) is 7.03. The lowest BCUT2D eigenvalue weighted by Gasteiger charge is -2.08. The Bertz CT molecular complexity index is 952. The molecule has 6 nitrogen and oxygen atoms in total. The van der Waals surface area contributed by atoms with Crippen LogP contribution >= 0.6 is 15.9 Å². The molecule has 0 saturated carbocycles. The van der Waals surface area contributed by atoms with Crippen molar-refractivity contribution in [3.8, 4) is 11.5 Å². The van der Waals surface area contributed by atoms with Crippen LogP contribution in [0.5, 0.6) is 11.5 Å². The number of carbonyl (C=O) groups is 1. The zero-order valence-corrected chi connectivity index (χ0v) is 16.3. The van der Waals surface area contributed by atoms with Crippen molar-refractivity contribution in [3.63, 3.8) is 0 Å². The van der Waals surface area contributed by atoms with E-state index in [2.05, 4.69) is 26.3 Å². The van der Waals surface area contributed by atoms with Gasteiger partial charge in [-0.3, -0.25) is 9.48 Å². The van der Waals surface area contributed by atoms with Crippen LogP contribution in [0, 0.1) is 5.82 Å². The Hall–Kier alpha value is -2.87. The molecular weight excluding hydrogens is 417 g/mol. The van der Waals surface area contributed by atoms with Crippen LogP contribution in [0.4, 0.5) is 10.2 Å². The first-order chi connectivity index (χ1) is 13.0. The number of anilines is 1. The minimum Gasteiger partial charge on any atom is -0.497 e. The molecule has 0 spiro atoms. The van der Waals surface area contributed by atoms with E-state index in [0.717, 1.165) is 0 Å². The number of methoxy groups -OCH3 is 2. The van der Waals surface area contributed by atoms with Gasteiger partial charge in [-0.1, -0.05) is 18.2 Å². The van der Waals surface area contributed by atoms with E-state index in [-0.39, 0.29) is 18.3 Å². The molecule has 1 heterocycles. The summed E-state index contributed by atoms with van der Waals surface area (Å²) in [6.45, 7) is 0.244. The zero-order valence-electron chi connectivity index (χ0n) is 14.7. The highest BCUT2D eigenvalue weighted by Crippen LogP contribution is 2.25. The van der Waals surface area contributed by atoms with Crippen LogP contribution in [0.25, 0.3) is 0 Å². The van der Waals surface area contributed by atoms with E-state index in [1.165, 1.54) is 20.3 Å². The third kappa shape index (κ3) is 4.46. The molecule has 140 valence electrons. The van der Waals surface area contributed by atoms with Gasteiger partial charge in [-0.15, -0.1) is 0 Å². The number of hydrogen-bond acceptors (Lipinski definition) is 4. The van der Waals surface area contributed by atoms with Gasteiger partial charge in [0.2, 0.25) is 0 Å². The maximum absolute atomic E-state index is 13.8. The maximum Gasteiger partial charge on any atom is 0.257 e. The summed E-state index contributed by atoms with van der Waals surface area (Å²) in [5.41, 5.74) is 0.865. The van der Waals surface area contributed by atoms with Crippen molar-refractivity contribution in [2.75, 3.05) is 19.5 Å². The van der Waals surface area contributed by atoms with Crippen molar-refractivity contribution in [3.05, 3.63) is 70.1 Å². The highest BCUT2D eigenvalue weighted by molar-refractivity contribution is 9.10. The van der Waals surface area contributed by atoms with Crippen molar-refractivity contribution in [1.82, 2.24) is 9.78 Å². The highest BCUT2D eigenvalue weighted by atomic mass is 79.9. The Morgan fingerprint density at radius 3 is 2.48 bits per heavy atom. The van der Waals surface area contributed by atoms with E-state index in [1.54, 1.807) is 47.3 Å². The normalized spacial score (nSPS) is 10.5. The van der Waals surface area contributed by atoms with E-state index in [4.69, 9.17) is 9.47 Å². The van der Waals surface area contributed by atoms with Crippen LogP contribution in [0.2, 0.25) is 0 Å². The molecule has 1 N–H and O–H groups in total. The molecule has 1 aromatic heterocycles. The van der Waals surface area contributed by atoms with Gasteiger partial charge in [0.25, 0.3) is 5.91 Å². The number of hydrogen-bond donors (Lipinski definition) is 1. The molecule has 3 rings (SSSR count). The largest absolute Gasteiger partial charge is 0.497 e. The summed E-state index contributed by atoms with van der Waals surface area (Å²) in [6, 6.07) is 11.3. The molecule has 0 radical (unpaired) electrons. The number of rotatable bonds is 6. The quantitative estimate of drug-likeness (QED) is 0.635. The van der Waals surface area contributed by atoms with Gasteiger partial charge in [0.15, 0.2) is 5.82 Å². The van der Waals surface area contributed by atoms with E-state index in [0.29, 0.717) is 32.9 Å². The van der Waals surface area contributed by atoms with Crippen LogP contribution in [-0.2, 0) is 6.54 Å². The second-order valence-electron chi connectivity index (χ2n) is 5.67. The van der Waals surface area contributed by atoms with Crippen LogP contribution in [0.3, 0.4) is 0 Å². The fourth-order valence-corrected chi connectivity index (χ4v) is 2.90. The molecule has 1 amide bonds. The summed E-state index contributed by atoms with van der Waals surface area (Å²) in [6.07, 6.45) is 1.67. The molecule has 0 aliphatic carbocycles. The van der Waals surface area contributed by atoms with Gasteiger partial charge in [0, 0.05) is 23.4 Å². The number of aromatic nitrogens is 2. The van der Waals surface area contributed by atoms with Gasteiger partial charge in [0.05, 0.1) is 25.2 Å². The van der Waals surface area contributed by atoms with Crippen LogP contribution in [0.1, 0.15) is 15.9 Å². The van der Waals surface area contributed by atoms with E-state index >= 15 is 0 Å². The third-order valence-electron chi connectivity index (χ3n) is 3.85. The SMILES string of the molecule is COc1cc(OC)cc(C(=O)Nc2nn(Cc3ccccc3F)cc2Br)c1. The number of carbonyl (C=O) groups excluding carboxylic acids is 1. The van der Waals surface area contributed by atoms with Crippen molar-refractivity contribution < 1.29 is 18.7 Å². The van der Waals surface area contributed by atoms with Crippen molar-refractivity contribution in [2.45, 2.75) is 6.54 Å². The Labute approximate surface area is 164 Å². The summed E-state index contributed by atoms with van der Waals surface area (Å²) in [7, 11) is 3.02. The lowest BCUT2D eigenvalue weighted by Crippen LogP contribution is -2.13. The van der Waals surface area contributed by atoms with Gasteiger partial charge in [0.1, 0.15) is 17.3 Å². The smallest absolute Gasteiger partial charge is 0.257 e. The second kappa shape index (κ2) is 8.22. The Morgan fingerprint density at radius 1 is 1.19 bits per heavy atom. The average Bonchev–Trinajstić information content (AvgIpc) is 3.02. The molecule has 0 aliphatic heterocycles. The predicted octanol–water partition coefficient (Wildman–Crippen LogP) is 4.10. The molecule has 0 saturated heterocycles. The zero-order chi connectivity index (χ0) is 19.4. The number of halogens is 2. The third-order valence-corrected chi connectivity index (χ3v) is 4.43. The molecule has 27 heavy (non-hydrogen) atoms. The Morgan fingerprint density at radius 2 is 1.85 bits per heavy atom. The number of ether oxygens (including phenoxy) is 2. The van der Waals surface area contributed by atoms with E-state index < -0.39 is 0 Å². The fourth-order valence-electron chi connectivity index (χ4n) is 2.48. The van der Waals surface area contributed by atoms with Crippen molar-refractivity contribution in [1.29, 1.82) is 0 Å². The van der Waals surface area contributed by atoms with Gasteiger partial charge < -0.3 is 14.8 Å². The minimum absolute atomic E-state index is 0.244. The predicted molar refractivity (Wildman–Crippen MR) is 103 cm³/mol. The van der Waals surface area contributed by atoms with Crippen LogP contribution < -0.4 is 14.8 Å². The number of nitrogens with zero attached hydrogens (tertiary/aromatic N) is 2. The lowest BCUT2D eigenvalue weighted by molar-refractivity contribution is 0.102. The van der Waals surface area contributed by atoms with Gasteiger partial charge in [-0.05, 0) is 34.1 Å². The van der Waals surface area contributed by atoms with Crippen LogP contribution in [0.15, 0.2) is 53.1 Å². The fraction of sp³-hybridized carbons (Fsp3) is 0.158. The van der Waals surface area contributed by atoms with Crippen LogP contribution in [-0.4, -0.2) is 29.9 Å². The van der Waals surface area contributed by atoms with Gasteiger partial charge in [-0.25, -0.2) is 4.39 Å². The first kappa shape index (κ1) is 18.9. The van der Waals surface area contributed by atoms with E-state index in [1.807, 2.05) is 0 Å². The lowest BCUT2D eigenvalue weighted by atomic mass is 10.2. The maximum atomic E-state index is 13.8. The Balaban J connectivity index is 1.79. The summed E-state index contributed by atoms with van der Waals surface area (Å²) in [5.74, 6) is 0.660. The Kier molecular flexibility index (Phi) is 5.75. The molecule has 0 aliphatic rings. The molecule has 0 bridgehead atoms. The van der Waals surface area contributed by atoms with Gasteiger partial charge in [-0.2, -0.15) is 5.10 Å². The monoisotopic (exact) mass is 433 g/mol. The van der Waals surface area contributed by atoms with Crippen molar-refractivity contribution >= 4 is 27.7 Å². The topological polar surface area (TPSA) is 65.4 Å². The highest BCUT2D eigenvalue weighted by Gasteiger charge is 2.15. The first-order valence-electron chi connectivity index (χ1n) is 8.01. The summed E-state index contributed by atoms with van der Waals surface area (Å²) >= 11 is 3.37. The molecule has 0 unspecified atom stereocenters. The van der Waals surface area contributed by atoms with E-state index in [9.17, 15) is 9.18 Å². The molecule has 0 fully saturated rings. The number of benzene rings is 2. The average molecular weight is 434 g/mol.